The molecule has 2 bridgehead atoms. The third-order valence-corrected chi connectivity index (χ3v) is 6.57. The van der Waals surface area contributed by atoms with Crippen molar-refractivity contribution in [2.45, 2.75) is 51.9 Å². The van der Waals surface area contributed by atoms with Crippen LogP contribution in [0, 0.1) is 11.3 Å². The molecule has 0 spiro atoms. The average Bonchev–Trinajstić information content (AvgIpc) is 3.24. The van der Waals surface area contributed by atoms with Gasteiger partial charge in [-0.25, -0.2) is 0 Å². The lowest BCUT2D eigenvalue weighted by molar-refractivity contribution is -0.138. The molecular formula is C26H24F6. The lowest BCUT2D eigenvalue weighted by Gasteiger charge is -2.51. The zero-order valence-corrected chi connectivity index (χ0v) is 18.2. The van der Waals surface area contributed by atoms with Crippen molar-refractivity contribution in [2.75, 3.05) is 0 Å². The number of hydrogen-bond donors (Lipinski definition) is 0. The third-order valence-electron chi connectivity index (χ3n) is 6.57. The minimum atomic E-state index is -4.46. The summed E-state index contributed by atoms with van der Waals surface area (Å²) in [4.78, 5) is 0. The molecule has 0 aromatic heterocycles. The maximum atomic E-state index is 13.2. The summed E-state index contributed by atoms with van der Waals surface area (Å²) in [5.41, 5.74) is 2.02. The van der Waals surface area contributed by atoms with Crippen LogP contribution in [0.2, 0.25) is 0 Å². The highest BCUT2D eigenvalue weighted by Crippen LogP contribution is 2.68. The number of hydrogen-bond acceptors (Lipinski definition) is 0. The highest BCUT2D eigenvalue weighted by atomic mass is 19.4. The van der Waals surface area contributed by atoms with E-state index in [1.54, 1.807) is 0 Å². The van der Waals surface area contributed by atoms with Gasteiger partial charge in [-0.05, 0) is 63.9 Å². The zero-order valence-electron chi connectivity index (χ0n) is 18.2. The van der Waals surface area contributed by atoms with Gasteiger partial charge < -0.3 is 0 Å². The molecule has 0 fully saturated rings. The Morgan fingerprint density at radius 1 is 0.719 bits per heavy atom. The lowest BCUT2D eigenvalue weighted by atomic mass is 9.51. The SMILES string of the molecule is CCC1C=C2C(C(C)(C)C)=C1C2(c1ccc(C(F)(F)F)cc1)c1ccc(C(F)(F)F)cc1. The molecule has 32 heavy (non-hydrogen) atoms. The van der Waals surface area contributed by atoms with Crippen LogP contribution < -0.4 is 0 Å². The molecule has 5 rings (SSSR count). The van der Waals surface area contributed by atoms with Crippen LogP contribution in [0.15, 0.2) is 71.3 Å². The Bertz CT molecular complexity index is 1030. The van der Waals surface area contributed by atoms with Gasteiger partial charge in [-0.3, -0.25) is 0 Å². The summed E-state index contributed by atoms with van der Waals surface area (Å²) in [5, 5.41) is 0. The Hall–Kier alpha value is -2.50. The van der Waals surface area contributed by atoms with Gasteiger partial charge in [0.1, 0.15) is 0 Å². The number of halogens is 6. The van der Waals surface area contributed by atoms with E-state index in [9.17, 15) is 26.3 Å². The molecule has 0 saturated heterocycles. The monoisotopic (exact) mass is 450 g/mol. The van der Waals surface area contributed by atoms with Crippen molar-refractivity contribution >= 4 is 0 Å². The fraction of sp³-hybridized carbons (Fsp3) is 0.385. The van der Waals surface area contributed by atoms with Gasteiger partial charge in [-0.15, -0.1) is 0 Å². The first-order chi connectivity index (χ1) is 14.7. The van der Waals surface area contributed by atoms with Crippen LogP contribution in [0.1, 0.15) is 56.4 Å². The van der Waals surface area contributed by atoms with E-state index in [1.165, 1.54) is 24.3 Å². The maximum Gasteiger partial charge on any atom is 0.416 e. The first kappa shape index (κ1) is 22.7. The molecular weight excluding hydrogens is 426 g/mol. The van der Waals surface area contributed by atoms with Crippen molar-refractivity contribution in [3.05, 3.63) is 93.6 Å². The van der Waals surface area contributed by atoms with Gasteiger partial charge in [0.2, 0.25) is 0 Å². The van der Waals surface area contributed by atoms with Crippen LogP contribution in [0.4, 0.5) is 26.3 Å². The zero-order chi connectivity index (χ0) is 23.7. The van der Waals surface area contributed by atoms with Crippen LogP contribution in [0.25, 0.3) is 0 Å². The molecule has 3 aliphatic rings. The minimum Gasteiger partial charge on any atom is -0.166 e. The van der Waals surface area contributed by atoms with Gasteiger partial charge >= 0.3 is 12.4 Å². The first-order valence-corrected chi connectivity index (χ1v) is 10.6. The molecule has 6 heteroatoms. The van der Waals surface area contributed by atoms with Gasteiger partial charge in [0, 0.05) is 5.92 Å². The summed E-state index contributed by atoms with van der Waals surface area (Å²) >= 11 is 0. The average molecular weight is 450 g/mol. The summed E-state index contributed by atoms with van der Waals surface area (Å²) in [6, 6.07) is 10.1. The molecule has 1 unspecified atom stereocenters. The van der Waals surface area contributed by atoms with Gasteiger partial charge in [0.05, 0.1) is 16.5 Å². The quantitative estimate of drug-likeness (QED) is 0.412. The van der Waals surface area contributed by atoms with E-state index < -0.39 is 28.9 Å². The summed E-state index contributed by atoms with van der Waals surface area (Å²) in [5.74, 6) is 0.101. The molecule has 2 aromatic rings. The van der Waals surface area contributed by atoms with E-state index in [2.05, 4.69) is 26.8 Å². The molecule has 170 valence electrons. The topological polar surface area (TPSA) is 0 Å². The Balaban J connectivity index is 1.94. The molecule has 0 heterocycles. The Labute approximate surface area is 183 Å². The first-order valence-electron chi connectivity index (χ1n) is 10.6. The van der Waals surface area contributed by atoms with Crippen molar-refractivity contribution in [3.8, 4) is 0 Å². The summed E-state index contributed by atoms with van der Waals surface area (Å²) < 4.78 is 79.0. The van der Waals surface area contributed by atoms with E-state index in [4.69, 9.17) is 0 Å². The van der Waals surface area contributed by atoms with Gasteiger partial charge in [-0.1, -0.05) is 58.0 Å². The van der Waals surface area contributed by atoms with Crippen LogP contribution in [-0.4, -0.2) is 0 Å². The molecule has 0 N–H and O–H groups in total. The third kappa shape index (κ3) is 3.22. The van der Waals surface area contributed by atoms with E-state index in [-0.39, 0.29) is 11.3 Å². The Morgan fingerprint density at radius 2 is 1.12 bits per heavy atom. The Morgan fingerprint density at radius 3 is 1.41 bits per heavy atom. The number of alkyl halides is 6. The highest BCUT2D eigenvalue weighted by Gasteiger charge is 2.59. The van der Waals surface area contributed by atoms with Crippen molar-refractivity contribution < 1.29 is 26.3 Å². The van der Waals surface area contributed by atoms with E-state index in [1.807, 2.05) is 6.92 Å². The molecule has 0 saturated carbocycles. The fourth-order valence-corrected chi connectivity index (χ4v) is 5.30. The molecule has 0 amide bonds. The van der Waals surface area contributed by atoms with E-state index in [0.29, 0.717) is 11.1 Å². The van der Waals surface area contributed by atoms with Crippen molar-refractivity contribution in [2.24, 2.45) is 11.3 Å². The smallest absolute Gasteiger partial charge is 0.166 e. The second-order valence-corrected chi connectivity index (χ2v) is 9.53. The maximum absolute atomic E-state index is 13.2. The molecule has 0 radical (unpaired) electrons. The largest absolute Gasteiger partial charge is 0.416 e. The van der Waals surface area contributed by atoms with Crippen LogP contribution in [0.3, 0.4) is 0 Å². The van der Waals surface area contributed by atoms with Gasteiger partial charge in [0.15, 0.2) is 0 Å². The number of allylic oxidation sites excluding steroid dienone is 4. The number of benzene rings is 2. The molecule has 1 atom stereocenters. The van der Waals surface area contributed by atoms with Gasteiger partial charge in [0.25, 0.3) is 0 Å². The van der Waals surface area contributed by atoms with Crippen molar-refractivity contribution in [3.63, 3.8) is 0 Å². The van der Waals surface area contributed by atoms with E-state index >= 15 is 0 Å². The predicted octanol–water partition coefficient (Wildman–Crippen LogP) is 8.33. The molecule has 0 nitrogen and oxygen atoms in total. The van der Waals surface area contributed by atoms with Crippen LogP contribution in [0.5, 0.6) is 0 Å². The normalized spacial score (nSPS) is 20.3. The molecule has 3 aliphatic carbocycles. The standard InChI is InChI=1S/C26H24F6/c1-5-15-14-20-22(23(2,3)4)21(15)24(20,16-6-10-18(11-7-16)25(27,28)29)17-8-12-19(13-9-17)26(30,31)32/h6-15H,5H2,1-4H3. The number of fused-ring (bicyclic) bond motifs is 1. The second-order valence-electron chi connectivity index (χ2n) is 9.53. The predicted molar refractivity (Wildman–Crippen MR) is 112 cm³/mol. The molecule has 2 aromatic carbocycles. The van der Waals surface area contributed by atoms with Crippen LogP contribution >= 0.6 is 0 Å². The summed E-state index contributed by atoms with van der Waals surface area (Å²) in [6.45, 7) is 8.28. The summed E-state index contributed by atoms with van der Waals surface area (Å²) in [7, 11) is 0. The Kier molecular flexibility index (Phi) is 4.96. The highest BCUT2D eigenvalue weighted by molar-refractivity contribution is 5.78. The van der Waals surface area contributed by atoms with Gasteiger partial charge in [-0.2, -0.15) is 26.3 Å². The van der Waals surface area contributed by atoms with Crippen LogP contribution in [-0.2, 0) is 17.8 Å². The number of rotatable bonds is 3. The van der Waals surface area contributed by atoms with Crippen molar-refractivity contribution in [1.82, 2.24) is 0 Å². The molecule has 0 aliphatic heterocycles. The fourth-order valence-electron chi connectivity index (χ4n) is 5.30. The lowest BCUT2D eigenvalue weighted by Crippen LogP contribution is -2.43. The minimum absolute atomic E-state index is 0.101. The second kappa shape index (κ2) is 7.00. The summed E-state index contributed by atoms with van der Waals surface area (Å²) in [6.07, 6.45) is -5.97. The van der Waals surface area contributed by atoms with Crippen molar-refractivity contribution in [1.29, 1.82) is 0 Å². The van der Waals surface area contributed by atoms with E-state index in [0.717, 1.165) is 47.4 Å².